The second-order valence-electron chi connectivity index (χ2n) is 8.02. The van der Waals surface area contributed by atoms with E-state index in [9.17, 15) is 0 Å². The van der Waals surface area contributed by atoms with Gasteiger partial charge in [-0.1, -0.05) is 62.6 Å². The molecule has 0 spiro atoms. The molecular weight excluding hydrogens is 302 g/mol. The minimum Gasteiger partial charge on any atom is -0.248 e. The Hall–Kier alpha value is -2.15. The van der Waals surface area contributed by atoms with Crippen molar-refractivity contribution < 1.29 is 0 Å². The van der Waals surface area contributed by atoms with Crippen molar-refractivity contribution in [2.75, 3.05) is 0 Å². The summed E-state index contributed by atoms with van der Waals surface area (Å²) >= 11 is 0. The number of benzene rings is 1. The summed E-state index contributed by atoms with van der Waals surface area (Å²) in [7, 11) is 0. The highest BCUT2D eigenvalue weighted by Gasteiger charge is 2.29. The number of aromatic nitrogens is 1. The fourth-order valence-corrected chi connectivity index (χ4v) is 4.20. The summed E-state index contributed by atoms with van der Waals surface area (Å²) in [5.41, 5.74) is 8.93. The van der Waals surface area contributed by atoms with Crippen LogP contribution in [0.5, 0.6) is 0 Å². The summed E-state index contributed by atoms with van der Waals surface area (Å²) in [6.45, 7) is 13.4. The van der Waals surface area contributed by atoms with Gasteiger partial charge >= 0.3 is 0 Å². The Kier molecular flexibility index (Phi) is 4.69. The lowest BCUT2D eigenvalue weighted by molar-refractivity contribution is 0.584. The van der Waals surface area contributed by atoms with Gasteiger partial charge in [0.1, 0.15) is 0 Å². The van der Waals surface area contributed by atoms with E-state index in [1.54, 1.807) is 0 Å². The third-order valence-corrected chi connectivity index (χ3v) is 4.95. The Labute approximate surface area is 152 Å². The van der Waals surface area contributed by atoms with Gasteiger partial charge in [0.05, 0.1) is 11.2 Å². The molecule has 130 valence electrons. The van der Waals surface area contributed by atoms with E-state index in [0.29, 0.717) is 0 Å². The molecule has 1 aliphatic rings. The first-order chi connectivity index (χ1) is 11.8. The van der Waals surface area contributed by atoms with Crippen molar-refractivity contribution in [3.63, 3.8) is 0 Å². The fourth-order valence-electron chi connectivity index (χ4n) is 4.20. The zero-order chi connectivity index (χ0) is 18.2. The Morgan fingerprint density at radius 1 is 1.08 bits per heavy atom. The van der Waals surface area contributed by atoms with Crippen LogP contribution in [0.2, 0.25) is 0 Å². The van der Waals surface area contributed by atoms with Gasteiger partial charge in [-0.25, -0.2) is 4.98 Å². The Morgan fingerprint density at radius 3 is 2.48 bits per heavy atom. The highest BCUT2D eigenvalue weighted by atomic mass is 14.7. The van der Waals surface area contributed by atoms with Gasteiger partial charge in [0.25, 0.3) is 0 Å². The molecule has 0 saturated heterocycles. The molecule has 0 saturated carbocycles. The maximum Gasteiger partial charge on any atom is 0.0712 e. The Balaban J connectivity index is 2.17. The van der Waals surface area contributed by atoms with Crippen molar-refractivity contribution in [1.82, 2.24) is 4.98 Å². The quantitative estimate of drug-likeness (QED) is 0.596. The summed E-state index contributed by atoms with van der Waals surface area (Å²) in [4.78, 5) is 5.04. The molecule has 0 N–H and O–H groups in total. The van der Waals surface area contributed by atoms with E-state index in [4.69, 9.17) is 4.98 Å². The van der Waals surface area contributed by atoms with Crippen molar-refractivity contribution in [1.29, 1.82) is 0 Å². The number of nitrogens with zero attached hydrogens (tertiary/aromatic N) is 1. The molecule has 0 bridgehead atoms. The van der Waals surface area contributed by atoms with E-state index in [2.05, 4.69) is 84.0 Å². The van der Waals surface area contributed by atoms with Crippen LogP contribution in [0.3, 0.4) is 0 Å². The van der Waals surface area contributed by atoms with Gasteiger partial charge in [0.15, 0.2) is 0 Å². The van der Waals surface area contributed by atoms with Crippen molar-refractivity contribution >= 4 is 16.5 Å². The van der Waals surface area contributed by atoms with Crippen LogP contribution in [0.1, 0.15) is 59.2 Å². The van der Waals surface area contributed by atoms with Gasteiger partial charge in [0, 0.05) is 16.4 Å². The number of aryl methyl sites for hydroxylation is 1. The first-order valence-corrected chi connectivity index (χ1v) is 9.31. The first-order valence-electron chi connectivity index (χ1n) is 9.31. The van der Waals surface area contributed by atoms with Crippen LogP contribution in [-0.4, -0.2) is 4.98 Å². The van der Waals surface area contributed by atoms with Gasteiger partial charge in [-0.2, -0.15) is 0 Å². The zero-order valence-corrected chi connectivity index (χ0v) is 16.4. The van der Waals surface area contributed by atoms with Crippen LogP contribution in [0.15, 0.2) is 59.2 Å². The molecule has 0 radical (unpaired) electrons. The molecule has 1 heterocycles. The average Bonchev–Trinajstić information content (AvgIpc) is 2.52. The van der Waals surface area contributed by atoms with Crippen molar-refractivity contribution in [3.8, 4) is 0 Å². The molecule has 1 aromatic carbocycles. The summed E-state index contributed by atoms with van der Waals surface area (Å²) < 4.78 is 0. The number of rotatable bonds is 3. The maximum atomic E-state index is 5.04. The molecule has 2 aromatic rings. The molecule has 3 rings (SSSR count). The molecule has 1 aromatic heterocycles. The lowest BCUT2D eigenvalue weighted by Gasteiger charge is -2.32. The number of pyridine rings is 1. The average molecular weight is 332 g/mol. The standard InChI is InChI=1S/C24H29N/c1-7-8-18-9-10-19-11-12-21(25-22(19)14-18)20-13-17(4)15-24(5,6)23(20)16(2)3/h9-15H,7-8H2,1-6H3. The van der Waals surface area contributed by atoms with Crippen LogP contribution in [0, 0.1) is 5.41 Å². The van der Waals surface area contributed by atoms with Crippen molar-refractivity contribution in [2.45, 2.75) is 54.4 Å². The van der Waals surface area contributed by atoms with E-state index < -0.39 is 0 Å². The van der Waals surface area contributed by atoms with Gasteiger partial charge in [-0.15, -0.1) is 0 Å². The minimum absolute atomic E-state index is 0.0354. The first kappa shape index (κ1) is 17.7. The smallest absolute Gasteiger partial charge is 0.0712 e. The summed E-state index contributed by atoms with van der Waals surface area (Å²) in [5, 5.41) is 1.21. The summed E-state index contributed by atoms with van der Waals surface area (Å²) in [6.07, 6.45) is 6.92. The lowest BCUT2D eigenvalue weighted by atomic mass is 9.72. The van der Waals surface area contributed by atoms with E-state index in [1.165, 1.54) is 33.2 Å². The summed E-state index contributed by atoms with van der Waals surface area (Å²) in [5.74, 6) is 0. The molecule has 1 nitrogen and oxygen atoms in total. The molecule has 1 heteroatoms. The lowest BCUT2D eigenvalue weighted by Crippen LogP contribution is -2.18. The zero-order valence-electron chi connectivity index (χ0n) is 16.4. The SMILES string of the molecule is CCCc1ccc2ccc(C3=CC(C)=CC(C)(C)C3=C(C)C)nc2c1. The van der Waals surface area contributed by atoms with Crippen LogP contribution in [0.4, 0.5) is 0 Å². The molecule has 1 aliphatic carbocycles. The van der Waals surface area contributed by atoms with Gasteiger partial charge < -0.3 is 0 Å². The highest BCUT2D eigenvalue weighted by Crippen LogP contribution is 2.44. The van der Waals surface area contributed by atoms with Crippen molar-refractivity contribution in [3.05, 3.63) is 70.5 Å². The monoisotopic (exact) mass is 331 g/mol. The number of allylic oxidation sites excluding steroid dienone is 6. The highest BCUT2D eigenvalue weighted by molar-refractivity contribution is 5.87. The number of fused-ring (bicyclic) bond motifs is 1. The maximum absolute atomic E-state index is 5.04. The van der Waals surface area contributed by atoms with Crippen LogP contribution in [0.25, 0.3) is 16.5 Å². The normalized spacial score (nSPS) is 16.6. The Bertz CT molecular complexity index is 903. The summed E-state index contributed by atoms with van der Waals surface area (Å²) in [6, 6.07) is 11.1. The third-order valence-electron chi connectivity index (χ3n) is 4.95. The molecule has 0 fully saturated rings. The van der Waals surface area contributed by atoms with E-state index in [0.717, 1.165) is 24.1 Å². The van der Waals surface area contributed by atoms with Gasteiger partial charge in [-0.3, -0.25) is 0 Å². The minimum atomic E-state index is 0.0354. The van der Waals surface area contributed by atoms with Crippen LogP contribution in [-0.2, 0) is 6.42 Å². The predicted molar refractivity (Wildman–Crippen MR) is 110 cm³/mol. The third kappa shape index (κ3) is 3.46. The van der Waals surface area contributed by atoms with Crippen LogP contribution >= 0.6 is 0 Å². The van der Waals surface area contributed by atoms with Gasteiger partial charge in [-0.05, 0) is 56.5 Å². The van der Waals surface area contributed by atoms with E-state index >= 15 is 0 Å². The second kappa shape index (κ2) is 6.63. The molecule has 25 heavy (non-hydrogen) atoms. The molecule has 0 unspecified atom stereocenters. The van der Waals surface area contributed by atoms with Crippen molar-refractivity contribution in [2.24, 2.45) is 5.41 Å². The van der Waals surface area contributed by atoms with E-state index in [1.807, 2.05) is 0 Å². The predicted octanol–water partition coefficient (Wildman–Crippen LogP) is 6.89. The number of hydrogen-bond acceptors (Lipinski definition) is 1. The topological polar surface area (TPSA) is 12.9 Å². The Morgan fingerprint density at radius 2 is 1.80 bits per heavy atom. The van der Waals surface area contributed by atoms with Crippen LogP contribution < -0.4 is 0 Å². The number of hydrogen-bond donors (Lipinski definition) is 0. The molecule has 0 aliphatic heterocycles. The molecular formula is C24H29N. The molecule has 0 atom stereocenters. The van der Waals surface area contributed by atoms with Gasteiger partial charge in [0.2, 0.25) is 0 Å². The largest absolute Gasteiger partial charge is 0.248 e. The fraction of sp³-hybridized carbons (Fsp3) is 0.375. The van der Waals surface area contributed by atoms with E-state index in [-0.39, 0.29) is 5.41 Å². The molecule has 0 amide bonds. The second-order valence-corrected chi connectivity index (χ2v) is 8.02.